The summed E-state index contributed by atoms with van der Waals surface area (Å²) in [5.74, 6) is -1.09. The molecule has 37 heteroatoms. The number of Topliss-reactive ketones (excluding diaryl/α,β-unsaturated/α-hetero) is 3. The van der Waals surface area contributed by atoms with Gasteiger partial charge in [0.15, 0.2) is 46.3 Å². The van der Waals surface area contributed by atoms with Crippen LogP contribution in [0.15, 0.2) is 91.8 Å². The molecule has 3 saturated heterocycles. The lowest BCUT2D eigenvalue weighted by Crippen LogP contribution is -2.48. The number of nitrogens with two attached hydrogens (primary N) is 1. The van der Waals surface area contributed by atoms with Crippen molar-refractivity contribution < 1.29 is 85.0 Å². The summed E-state index contributed by atoms with van der Waals surface area (Å²) in [5, 5.41) is 52.5. The number of anilines is 9. The van der Waals surface area contributed by atoms with Gasteiger partial charge >= 0.3 is 30.4 Å². The first-order valence-electron chi connectivity index (χ1n) is 33.5. The quantitative estimate of drug-likeness (QED) is 0.0175. The Balaban J connectivity index is 0.000000158. The number of urea groups is 3. The van der Waals surface area contributed by atoms with Crippen LogP contribution in [-0.4, -0.2) is 210 Å². The van der Waals surface area contributed by atoms with Crippen LogP contribution in [0.1, 0.15) is 95.4 Å². The molecule has 3 fully saturated rings. The number of ether oxygens (including phenoxy) is 2. The van der Waals surface area contributed by atoms with Crippen molar-refractivity contribution in [1.82, 2.24) is 40.1 Å². The number of aromatic nitrogens is 8. The number of nitrogens with one attached hydrogen (secondary N) is 4. The number of ketones is 3. The van der Waals surface area contributed by atoms with Gasteiger partial charge in [-0.15, -0.1) is 6.58 Å². The van der Waals surface area contributed by atoms with Crippen LogP contribution in [0.5, 0.6) is 11.5 Å². The zero-order chi connectivity index (χ0) is 75.2. The number of fused-ring (bicyclic) bond motifs is 13. The van der Waals surface area contributed by atoms with Gasteiger partial charge in [-0.3, -0.25) is 50.1 Å². The van der Waals surface area contributed by atoms with Gasteiger partial charge in [0.05, 0.1) is 64.7 Å². The van der Waals surface area contributed by atoms with E-state index in [1.807, 2.05) is 22.8 Å². The number of aliphatic hydroxyl groups excluding tert-OH is 4. The van der Waals surface area contributed by atoms with E-state index >= 15 is 0 Å². The second-order valence-corrected chi connectivity index (χ2v) is 26.1. The highest BCUT2D eigenvalue weighted by molar-refractivity contribution is 6.34. The van der Waals surface area contributed by atoms with Crippen molar-refractivity contribution >= 4 is 110 Å². The second-order valence-electron chi connectivity index (χ2n) is 25.7. The minimum atomic E-state index is -4.60. The summed E-state index contributed by atoms with van der Waals surface area (Å²) < 4.78 is 88.0. The number of aliphatic hydroxyl groups is 4. The molecule has 0 aliphatic carbocycles. The molecule has 6 aliphatic heterocycles. The van der Waals surface area contributed by atoms with Crippen molar-refractivity contribution in [1.29, 1.82) is 0 Å². The minimum absolute atomic E-state index is 0.0476. The van der Waals surface area contributed by atoms with Gasteiger partial charge in [0.25, 0.3) is 0 Å². The maximum atomic E-state index is 13.4. The van der Waals surface area contributed by atoms with Gasteiger partial charge in [-0.25, -0.2) is 44.3 Å². The SMILES string of the molecule is C=CCCC(=O)c1ccc2c(n1)N(C(=O)Nc1cc(OC[C@H](O)CO)ccn1)[C@H]1CCN2C1.Cc1ccc2c(NC(=O)N3c4nc(C(=O)C[C@H](C)C(F)(F)F)c(Cl)cc4N4CC[C@H]3C4)n[nH]c2n1.N[C@H](CCC(=O)c1ccc2c(n1)N(C(=O)Nc1cc(OC[C@H](O)CO)ccn1)[C@H]1CCN2C1)C(F)(F)F. The number of halogens is 7. The highest BCUT2D eigenvalue weighted by atomic mass is 35.5. The molecule has 7 aromatic heterocycles. The molecule has 7 atom stereocenters. The number of amides is 6. The monoisotopic (exact) mass is 1480 g/mol. The maximum absolute atomic E-state index is 13.4. The fourth-order valence-electron chi connectivity index (χ4n) is 12.6. The van der Waals surface area contributed by atoms with Gasteiger partial charge in [-0.2, -0.15) is 31.4 Å². The van der Waals surface area contributed by atoms with Gasteiger partial charge in [0, 0.05) is 88.8 Å². The molecule has 10 N–H and O–H groups in total. The summed E-state index contributed by atoms with van der Waals surface area (Å²) in [6.07, 6.45) is -5.43. The number of hydrogen-bond donors (Lipinski definition) is 9. The first-order valence-corrected chi connectivity index (χ1v) is 33.9. The lowest BCUT2D eigenvalue weighted by Gasteiger charge is -2.36. The molecule has 0 spiro atoms. The molecule has 0 unspecified atom stereocenters. The van der Waals surface area contributed by atoms with Crippen LogP contribution in [-0.2, 0) is 0 Å². The predicted octanol–water partition coefficient (Wildman–Crippen LogP) is 8.40. The van der Waals surface area contributed by atoms with Gasteiger partial charge in [0.1, 0.15) is 71.7 Å². The molecular formula is C68H75ClF6N18O12. The van der Waals surface area contributed by atoms with E-state index in [2.05, 4.69) is 67.5 Å². The van der Waals surface area contributed by atoms with Crippen LogP contribution in [0.4, 0.5) is 92.7 Å². The topological polar surface area (TPSA) is 389 Å². The fourth-order valence-corrected chi connectivity index (χ4v) is 12.8. The molecular weight excluding hydrogens is 1410 g/mol. The Morgan fingerprint density at radius 2 is 1.14 bits per heavy atom. The van der Waals surface area contributed by atoms with Crippen molar-refractivity contribution in [2.75, 3.05) is 111 Å². The van der Waals surface area contributed by atoms with Crippen LogP contribution in [0.2, 0.25) is 5.02 Å². The highest BCUT2D eigenvalue weighted by Gasteiger charge is 2.46. The standard InChI is InChI=1S/C23H27F3N6O5.C23H27N5O5.C22H21ClF3N7O2/c24-23(25,26)19(27)4-3-18(35)16-1-2-17-21(29-16)32(13-6-8-31(17)10-13)22(36)30-20-9-15(5-7-28-20)37-12-14(34)11-33;1-2-3-4-20(31)18-5-6-19-22(25-18)28(15-8-10-27(19)12-15)23(32)26-21-11-17(7-9-24-21)33-14-16(30)13-29;1-10(22(24,25)26)7-16(34)17-14(23)8-15-20(28-17)33(12-5-6-32(15)9-12)21(35)29-19-13-4-3-11(2)27-18(13)30-31-19/h1-2,5,7,9,13-14,19,33-34H,3-4,6,8,10-12,27H2,(H,28,30,36);2,5-7,9,11,15-16,29-30H,1,3-4,8,10,12-14H2,(H,24,26,32);3-4,8,10,12H,5-7,9H2,1-2H3,(H2,27,29,30,31,35)/t13-,14+,19+;15-,16+;10-,12-/m000/s1. The summed E-state index contributed by atoms with van der Waals surface area (Å²) in [4.78, 5) is 114. The number of aromatic amines is 1. The summed E-state index contributed by atoms with van der Waals surface area (Å²) in [7, 11) is 0. The largest absolute Gasteiger partial charge is 0.491 e. The van der Waals surface area contributed by atoms with Crippen LogP contribution < -0.4 is 60.6 Å². The first-order chi connectivity index (χ1) is 50.1. The van der Waals surface area contributed by atoms with Gasteiger partial charge in [-0.1, -0.05) is 24.6 Å². The Kier molecular flexibility index (Phi) is 23.3. The number of H-pyrrole nitrogens is 1. The molecule has 7 aromatic rings. The number of allylic oxidation sites excluding steroid dienone is 1. The van der Waals surface area contributed by atoms with E-state index in [9.17, 15) is 65.3 Å². The van der Waals surface area contributed by atoms with Crippen LogP contribution >= 0.6 is 11.6 Å². The fraction of sp³-hybridized carbons (Fsp3) is 0.426. The number of aryl methyl sites for hydroxylation is 1. The number of hydrogen-bond acceptors (Lipinski definition) is 23. The maximum Gasteiger partial charge on any atom is 0.403 e. The number of pyridine rings is 6. The van der Waals surface area contributed by atoms with Crippen LogP contribution in [0, 0.1) is 12.8 Å². The molecule has 6 amide bonds. The van der Waals surface area contributed by atoms with Gasteiger partial charge in [-0.05, 0) is 93.6 Å². The predicted molar refractivity (Wildman–Crippen MR) is 374 cm³/mol. The first kappa shape index (κ1) is 75.7. The Hall–Kier alpha value is -10.4. The molecule has 6 aliphatic rings. The number of alkyl halides is 6. The minimum Gasteiger partial charge on any atom is -0.491 e. The number of carbonyl (C=O) groups excluding carboxylic acids is 6. The van der Waals surface area contributed by atoms with Crippen molar-refractivity contribution in [2.24, 2.45) is 11.7 Å². The molecule has 0 aromatic carbocycles. The molecule has 13 heterocycles. The third-order valence-electron chi connectivity index (χ3n) is 18.2. The molecule has 13 rings (SSSR count). The summed E-state index contributed by atoms with van der Waals surface area (Å²) in [6.45, 7) is 9.23. The molecule has 0 saturated carbocycles. The van der Waals surface area contributed by atoms with E-state index in [-0.39, 0.29) is 82.6 Å². The Labute approximate surface area is 600 Å². The van der Waals surface area contributed by atoms with Crippen LogP contribution in [0.3, 0.4) is 0 Å². The molecule has 558 valence electrons. The third kappa shape index (κ3) is 17.5. The van der Waals surface area contributed by atoms with E-state index in [1.165, 1.54) is 52.5 Å². The Morgan fingerprint density at radius 3 is 1.63 bits per heavy atom. The van der Waals surface area contributed by atoms with Crippen molar-refractivity contribution in [3.8, 4) is 11.5 Å². The molecule has 105 heavy (non-hydrogen) atoms. The number of carbonyl (C=O) groups is 6. The third-order valence-corrected chi connectivity index (χ3v) is 18.5. The van der Waals surface area contributed by atoms with E-state index < -0.39 is 98.7 Å². The van der Waals surface area contributed by atoms with E-state index in [4.69, 9.17) is 37.0 Å². The molecule has 6 bridgehead atoms. The lowest BCUT2D eigenvalue weighted by molar-refractivity contribution is -0.168. The average Bonchev–Trinajstić information content (AvgIpc) is 1.75. The summed E-state index contributed by atoms with van der Waals surface area (Å²) >= 11 is 6.28. The smallest absolute Gasteiger partial charge is 0.403 e. The number of rotatable bonds is 22. The van der Waals surface area contributed by atoms with E-state index in [1.54, 1.807) is 41.3 Å². The van der Waals surface area contributed by atoms with Gasteiger partial charge in [0.2, 0.25) is 0 Å². The normalized spacial score (nSPS) is 17.9. The molecule has 30 nitrogen and oxygen atoms in total. The Morgan fingerprint density at radius 1 is 0.657 bits per heavy atom. The lowest BCUT2D eigenvalue weighted by atomic mass is 10.0. The van der Waals surface area contributed by atoms with Gasteiger partial charge < -0.3 is 50.3 Å². The van der Waals surface area contributed by atoms with Crippen molar-refractivity contribution in [3.05, 3.63) is 120 Å². The summed E-state index contributed by atoms with van der Waals surface area (Å²) in [6, 6.07) is 13.7. The van der Waals surface area contributed by atoms with E-state index in [0.717, 1.165) is 31.3 Å². The molecule has 0 radical (unpaired) electrons. The van der Waals surface area contributed by atoms with Crippen molar-refractivity contribution in [3.63, 3.8) is 0 Å². The van der Waals surface area contributed by atoms with E-state index in [0.29, 0.717) is 104 Å². The highest BCUT2D eigenvalue weighted by Crippen LogP contribution is 2.44. The average molecular weight is 1490 g/mol. The number of nitrogens with zero attached hydrogens (tertiary/aromatic N) is 13. The Bertz CT molecular complexity index is 4410. The zero-order valence-corrected chi connectivity index (χ0v) is 57.4. The zero-order valence-electron chi connectivity index (χ0n) is 56.7. The van der Waals surface area contributed by atoms with Crippen molar-refractivity contribution in [2.45, 2.75) is 114 Å². The second kappa shape index (κ2) is 32.3. The summed E-state index contributed by atoms with van der Waals surface area (Å²) in [5.41, 5.74) is 8.41. The van der Waals surface area contributed by atoms with Crippen LogP contribution in [0.25, 0.3) is 11.0 Å².